The van der Waals surface area contributed by atoms with Crippen molar-refractivity contribution in [2.45, 2.75) is 32.1 Å². The maximum Gasteiger partial charge on any atom is 0.224 e. The Hall–Kier alpha value is -2.86. The molecule has 6 heteroatoms. The Labute approximate surface area is 177 Å². The number of carbonyl (C=O) groups is 1. The maximum absolute atomic E-state index is 12.5. The summed E-state index contributed by atoms with van der Waals surface area (Å²) in [6.45, 7) is 1.28. The number of amides is 1. The van der Waals surface area contributed by atoms with Crippen LogP contribution in [0.3, 0.4) is 0 Å². The lowest BCUT2D eigenvalue weighted by molar-refractivity contribution is -0.117. The highest BCUT2D eigenvalue weighted by Crippen LogP contribution is 2.38. The van der Waals surface area contributed by atoms with Crippen molar-refractivity contribution >= 4 is 23.1 Å². The first-order chi connectivity index (χ1) is 14.6. The van der Waals surface area contributed by atoms with Crippen molar-refractivity contribution in [1.82, 2.24) is 4.90 Å². The van der Waals surface area contributed by atoms with E-state index in [9.17, 15) is 4.79 Å². The van der Waals surface area contributed by atoms with Crippen LogP contribution in [0.5, 0.6) is 11.5 Å². The van der Waals surface area contributed by atoms with Gasteiger partial charge in [0.1, 0.15) is 17.3 Å². The Morgan fingerprint density at radius 2 is 2.00 bits per heavy atom. The quantitative estimate of drug-likeness (QED) is 0.735. The minimum absolute atomic E-state index is 0.0749. The molecule has 0 atom stereocenters. The third-order valence-electron chi connectivity index (χ3n) is 5.76. The molecule has 1 fully saturated rings. The number of hydrogen-bond donors (Lipinski definition) is 1. The molecule has 2 aliphatic rings. The molecule has 6 nitrogen and oxygen atoms in total. The van der Waals surface area contributed by atoms with Crippen LogP contribution in [0.2, 0.25) is 0 Å². The molecule has 1 aliphatic carbocycles. The van der Waals surface area contributed by atoms with Crippen molar-refractivity contribution in [3.8, 4) is 11.5 Å². The van der Waals surface area contributed by atoms with Gasteiger partial charge in [0.15, 0.2) is 5.75 Å². The van der Waals surface area contributed by atoms with Gasteiger partial charge in [0.2, 0.25) is 5.91 Å². The molecule has 1 heterocycles. The Morgan fingerprint density at radius 1 is 1.20 bits per heavy atom. The van der Waals surface area contributed by atoms with Crippen LogP contribution in [0.4, 0.5) is 11.4 Å². The summed E-state index contributed by atoms with van der Waals surface area (Å²) in [6, 6.07) is 13.5. The highest BCUT2D eigenvalue weighted by atomic mass is 16.5. The molecule has 158 valence electrons. The third-order valence-corrected chi connectivity index (χ3v) is 5.76. The van der Waals surface area contributed by atoms with Crippen molar-refractivity contribution in [3.63, 3.8) is 0 Å². The van der Waals surface area contributed by atoms with E-state index in [1.54, 1.807) is 7.11 Å². The van der Waals surface area contributed by atoms with Crippen LogP contribution >= 0.6 is 0 Å². The summed E-state index contributed by atoms with van der Waals surface area (Å²) < 4.78 is 11.4. The van der Waals surface area contributed by atoms with E-state index in [0.29, 0.717) is 31.2 Å². The second kappa shape index (κ2) is 9.30. The fraction of sp³-hybridized carbons (Fsp3) is 0.417. The molecule has 1 aliphatic heterocycles. The molecule has 0 unspecified atom stereocenters. The molecule has 30 heavy (non-hydrogen) atoms. The Kier molecular flexibility index (Phi) is 6.33. The first-order valence-corrected chi connectivity index (χ1v) is 10.6. The predicted molar refractivity (Wildman–Crippen MR) is 119 cm³/mol. The molecule has 1 saturated carbocycles. The molecule has 0 aromatic heterocycles. The summed E-state index contributed by atoms with van der Waals surface area (Å²) >= 11 is 0. The summed E-state index contributed by atoms with van der Waals surface area (Å²) in [5.41, 5.74) is 2.39. The van der Waals surface area contributed by atoms with Gasteiger partial charge in [0, 0.05) is 32.8 Å². The minimum atomic E-state index is 0.0749. The number of aliphatic imine (C=N–C) groups is 1. The van der Waals surface area contributed by atoms with E-state index in [1.165, 1.54) is 12.8 Å². The number of benzene rings is 2. The largest absolute Gasteiger partial charge is 0.454 e. The van der Waals surface area contributed by atoms with Crippen LogP contribution in [0, 0.1) is 5.92 Å². The SMILES string of the molecule is COCCN(C)C1=Nc2ccccc2Oc2ccc(NC(=O)CC3CCCC3)cc21. The first kappa shape index (κ1) is 20.4. The second-order valence-corrected chi connectivity index (χ2v) is 8.03. The Bertz CT molecular complexity index is 935. The number of carbonyl (C=O) groups excluding carboxylic acids is 1. The number of methoxy groups -OCH3 is 1. The molecule has 1 N–H and O–H groups in total. The molecule has 4 rings (SSSR count). The number of para-hydroxylation sites is 2. The summed E-state index contributed by atoms with van der Waals surface area (Å²) in [7, 11) is 3.67. The van der Waals surface area contributed by atoms with Crippen LogP contribution in [0.1, 0.15) is 37.7 Å². The third kappa shape index (κ3) is 4.65. The number of nitrogens with one attached hydrogen (secondary N) is 1. The van der Waals surface area contributed by atoms with Gasteiger partial charge in [0.05, 0.1) is 12.2 Å². The van der Waals surface area contributed by atoms with Gasteiger partial charge in [0.25, 0.3) is 0 Å². The normalized spacial score (nSPS) is 15.5. The van der Waals surface area contributed by atoms with Crippen LogP contribution in [0.15, 0.2) is 47.5 Å². The van der Waals surface area contributed by atoms with Gasteiger partial charge in [-0.15, -0.1) is 0 Å². The number of ether oxygens (including phenoxy) is 2. The number of rotatable bonds is 6. The van der Waals surface area contributed by atoms with Gasteiger partial charge in [-0.1, -0.05) is 25.0 Å². The van der Waals surface area contributed by atoms with E-state index in [0.717, 1.165) is 41.4 Å². The van der Waals surface area contributed by atoms with E-state index in [-0.39, 0.29) is 5.91 Å². The molecule has 0 saturated heterocycles. The van der Waals surface area contributed by atoms with Gasteiger partial charge in [-0.25, -0.2) is 4.99 Å². The van der Waals surface area contributed by atoms with Gasteiger partial charge in [-0.2, -0.15) is 0 Å². The number of likely N-dealkylation sites (N-methyl/N-ethyl adjacent to an activating group) is 1. The minimum Gasteiger partial charge on any atom is -0.454 e. The van der Waals surface area contributed by atoms with E-state index < -0.39 is 0 Å². The molecular formula is C24H29N3O3. The zero-order valence-corrected chi connectivity index (χ0v) is 17.7. The smallest absolute Gasteiger partial charge is 0.224 e. The fourth-order valence-electron chi connectivity index (χ4n) is 4.11. The average molecular weight is 408 g/mol. The van der Waals surface area contributed by atoms with Crippen molar-refractivity contribution in [2.24, 2.45) is 10.9 Å². The lowest BCUT2D eigenvalue weighted by Gasteiger charge is -2.22. The number of hydrogen-bond acceptors (Lipinski definition) is 5. The lowest BCUT2D eigenvalue weighted by atomic mass is 10.0. The standard InChI is InChI=1S/C24H29N3O3/c1-27(13-14-29-2)24-19-16-18(25-23(28)15-17-7-3-4-8-17)11-12-21(19)30-22-10-6-5-9-20(22)26-24/h5-6,9-12,16-17H,3-4,7-8,13-15H2,1-2H3,(H,25,28). The number of nitrogens with zero attached hydrogens (tertiary/aromatic N) is 2. The second-order valence-electron chi connectivity index (χ2n) is 8.03. The Balaban J connectivity index is 1.62. The van der Waals surface area contributed by atoms with Gasteiger partial charge < -0.3 is 19.7 Å². The van der Waals surface area contributed by atoms with Crippen LogP contribution < -0.4 is 10.1 Å². The van der Waals surface area contributed by atoms with Gasteiger partial charge in [-0.05, 0) is 49.1 Å². The van der Waals surface area contributed by atoms with Crippen molar-refractivity contribution in [1.29, 1.82) is 0 Å². The van der Waals surface area contributed by atoms with Crippen molar-refractivity contribution < 1.29 is 14.3 Å². The van der Waals surface area contributed by atoms with Crippen LogP contribution in [0.25, 0.3) is 0 Å². The van der Waals surface area contributed by atoms with E-state index in [4.69, 9.17) is 14.5 Å². The van der Waals surface area contributed by atoms with Crippen LogP contribution in [-0.2, 0) is 9.53 Å². The molecule has 0 radical (unpaired) electrons. The lowest BCUT2D eigenvalue weighted by Crippen LogP contribution is -2.30. The van der Waals surface area contributed by atoms with Gasteiger partial charge >= 0.3 is 0 Å². The van der Waals surface area contributed by atoms with Crippen LogP contribution in [-0.4, -0.2) is 44.0 Å². The average Bonchev–Trinajstić information content (AvgIpc) is 3.19. The maximum atomic E-state index is 12.5. The summed E-state index contributed by atoms with van der Waals surface area (Å²) in [5.74, 6) is 2.81. The highest BCUT2D eigenvalue weighted by Gasteiger charge is 2.23. The number of anilines is 1. The van der Waals surface area contributed by atoms with Gasteiger partial charge in [-0.3, -0.25) is 4.79 Å². The number of amidine groups is 1. The zero-order valence-electron chi connectivity index (χ0n) is 17.7. The number of fused-ring (bicyclic) bond motifs is 2. The van der Waals surface area contributed by atoms with E-state index in [2.05, 4.69) is 10.2 Å². The van der Waals surface area contributed by atoms with Crippen molar-refractivity contribution in [3.05, 3.63) is 48.0 Å². The summed E-state index contributed by atoms with van der Waals surface area (Å²) in [4.78, 5) is 19.5. The first-order valence-electron chi connectivity index (χ1n) is 10.6. The Morgan fingerprint density at radius 3 is 2.80 bits per heavy atom. The van der Waals surface area contributed by atoms with E-state index in [1.807, 2.05) is 49.5 Å². The molecule has 0 spiro atoms. The predicted octanol–water partition coefficient (Wildman–Crippen LogP) is 4.97. The topological polar surface area (TPSA) is 63.2 Å². The van der Waals surface area contributed by atoms with E-state index >= 15 is 0 Å². The molecule has 2 aromatic carbocycles. The van der Waals surface area contributed by atoms with Crippen molar-refractivity contribution in [2.75, 3.05) is 32.6 Å². The molecule has 0 bridgehead atoms. The molecule has 2 aromatic rings. The highest BCUT2D eigenvalue weighted by molar-refractivity contribution is 6.05. The summed E-state index contributed by atoms with van der Waals surface area (Å²) in [6.07, 6.45) is 5.38. The fourth-order valence-corrected chi connectivity index (χ4v) is 4.11. The molecule has 1 amide bonds. The zero-order chi connectivity index (χ0) is 20.9. The summed E-state index contributed by atoms with van der Waals surface area (Å²) in [5, 5.41) is 3.07. The monoisotopic (exact) mass is 407 g/mol. The molecular weight excluding hydrogens is 378 g/mol.